The number of morpholine rings is 1. The molecule has 0 radical (unpaired) electrons. The van der Waals surface area contributed by atoms with E-state index in [2.05, 4.69) is 20.5 Å². The topological polar surface area (TPSA) is 81.8 Å². The fraction of sp³-hybridized carbons (Fsp3) is 0.583. The van der Waals surface area contributed by atoms with Crippen molar-refractivity contribution >= 4 is 39.3 Å². The van der Waals surface area contributed by atoms with Crippen LogP contribution in [0.25, 0.3) is 10.9 Å². The molecule has 9 heteroatoms. The van der Waals surface area contributed by atoms with Crippen molar-refractivity contribution in [3.63, 3.8) is 0 Å². The molecule has 1 aliphatic carbocycles. The quantitative estimate of drug-likeness (QED) is 0.571. The lowest BCUT2D eigenvalue weighted by Gasteiger charge is -2.32. The minimum absolute atomic E-state index is 0.00621. The molecular weight excluding hydrogens is 441 g/mol. The number of halogens is 1. The fourth-order valence-corrected chi connectivity index (χ4v) is 5.99. The monoisotopic (exact) mass is 473 g/mol. The molecule has 178 valence electrons. The lowest BCUT2D eigenvalue weighted by atomic mass is 10.2. The molecule has 3 N–H and O–H groups in total. The van der Waals surface area contributed by atoms with Gasteiger partial charge in [-0.1, -0.05) is 12.8 Å². The SMILES string of the molecule is CC(NC(=O)C[C@@H]1CSC(c2cc3cc(F)cc(NC4CCCC4)c3[nH]2)=N1)N1CCOCC1. The molecule has 3 heterocycles. The minimum Gasteiger partial charge on any atom is -0.381 e. The van der Waals surface area contributed by atoms with E-state index in [9.17, 15) is 9.18 Å². The van der Waals surface area contributed by atoms with Crippen LogP contribution >= 0.6 is 11.8 Å². The van der Waals surface area contributed by atoms with E-state index in [0.29, 0.717) is 25.7 Å². The van der Waals surface area contributed by atoms with Crippen molar-refractivity contribution in [2.24, 2.45) is 4.99 Å². The molecule has 0 bridgehead atoms. The molecule has 1 aromatic carbocycles. The summed E-state index contributed by atoms with van der Waals surface area (Å²) in [5.41, 5.74) is 2.63. The largest absolute Gasteiger partial charge is 0.381 e. The number of aliphatic imine (C=N–C) groups is 1. The van der Waals surface area contributed by atoms with Crippen molar-refractivity contribution < 1.29 is 13.9 Å². The third kappa shape index (κ3) is 5.36. The highest BCUT2D eigenvalue weighted by molar-refractivity contribution is 8.14. The summed E-state index contributed by atoms with van der Waals surface area (Å²) in [4.78, 5) is 23.1. The van der Waals surface area contributed by atoms with Crippen LogP contribution in [0.5, 0.6) is 0 Å². The molecule has 1 saturated heterocycles. The average Bonchev–Trinajstić information content (AvgIpc) is 3.55. The molecule has 33 heavy (non-hydrogen) atoms. The van der Waals surface area contributed by atoms with E-state index in [1.54, 1.807) is 23.9 Å². The number of aromatic nitrogens is 1. The summed E-state index contributed by atoms with van der Waals surface area (Å²) < 4.78 is 19.6. The van der Waals surface area contributed by atoms with Crippen LogP contribution in [0.15, 0.2) is 23.2 Å². The Kier molecular flexibility index (Phi) is 6.89. The number of anilines is 1. The minimum atomic E-state index is -0.238. The molecule has 0 spiro atoms. The first-order chi connectivity index (χ1) is 16.0. The van der Waals surface area contributed by atoms with Crippen LogP contribution in [-0.2, 0) is 9.53 Å². The van der Waals surface area contributed by atoms with Crippen LogP contribution in [0.1, 0.15) is 44.7 Å². The van der Waals surface area contributed by atoms with Gasteiger partial charge in [-0.15, -0.1) is 11.8 Å². The maximum atomic E-state index is 14.3. The molecule has 5 rings (SSSR count). The van der Waals surface area contributed by atoms with Crippen LogP contribution in [-0.4, -0.2) is 71.1 Å². The van der Waals surface area contributed by atoms with Crippen molar-refractivity contribution in [3.05, 3.63) is 29.7 Å². The van der Waals surface area contributed by atoms with E-state index in [-0.39, 0.29) is 23.9 Å². The average molecular weight is 474 g/mol. The Morgan fingerprint density at radius 2 is 2.09 bits per heavy atom. The van der Waals surface area contributed by atoms with Gasteiger partial charge in [-0.25, -0.2) is 4.39 Å². The first kappa shape index (κ1) is 22.7. The summed E-state index contributed by atoms with van der Waals surface area (Å²) in [6, 6.07) is 5.46. The molecule has 7 nitrogen and oxygen atoms in total. The second kappa shape index (κ2) is 10.0. The van der Waals surface area contributed by atoms with Crippen molar-refractivity contribution in [3.8, 4) is 0 Å². The zero-order valence-electron chi connectivity index (χ0n) is 19.0. The van der Waals surface area contributed by atoms with Crippen molar-refractivity contribution in [2.75, 3.05) is 37.4 Å². The number of hydrogen-bond acceptors (Lipinski definition) is 6. The van der Waals surface area contributed by atoms with Gasteiger partial charge in [-0.05, 0) is 38.0 Å². The Labute approximate surface area is 197 Å². The Morgan fingerprint density at radius 1 is 1.30 bits per heavy atom. The van der Waals surface area contributed by atoms with Gasteiger partial charge in [0.05, 0.1) is 42.3 Å². The Hall–Kier alpha value is -2.10. The third-order valence-corrected chi connectivity index (χ3v) is 7.89. The van der Waals surface area contributed by atoms with Gasteiger partial charge in [-0.2, -0.15) is 0 Å². The number of carbonyl (C=O) groups excluding carboxylic acids is 1. The molecule has 2 fully saturated rings. The molecule has 1 unspecified atom stereocenters. The summed E-state index contributed by atoms with van der Waals surface area (Å²) in [5.74, 6) is 0.552. The molecular formula is C24H32FN5O2S. The number of ether oxygens (including phenoxy) is 1. The van der Waals surface area contributed by atoms with Crippen LogP contribution < -0.4 is 10.6 Å². The number of benzene rings is 1. The highest BCUT2D eigenvalue weighted by Crippen LogP contribution is 2.32. The van der Waals surface area contributed by atoms with Crippen molar-refractivity contribution in [1.82, 2.24) is 15.2 Å². The Morgan fingerprint density at radius 3 is 2.88 bits per heavy atom. The number of nitrogens with one attached hydrogen (secondary N) is 3. The first-order valence-electron chi connectivity index (χ1n) is 12.0. The van der Waals surface area contributed by atoms with Gasteiger partial charge in [-0.3, -0.25) is 14.7 Å². The van der Waals surface area contributed by atoms with Crippen LogP contribution in [0.3, 0.4) is 0 Å². The molecule has 1 saturated carbocycles. The molecule has 2 atom stereocenters. The van der Waals surface area contributed by atoms with E-state index in [1.165, 1.54) is 12.8 Å². The number of thioether (sulfide) groups is 1. The van der Waals surface area contributed by atoms with E-state index in [0.717, 1.165) is 59.0 Å². The number of amides is 1. The Balaban J connectivity index is 1.24. The first-order valence-corrected chi connectivity index (χ1v) is 12.9. The summed E-state index contributed by atoms with van der Waals surface area (Å²) >= 11 is 1.65. The summed E-state index contributed by atoms with van der Waals surface area (Å²) in [5, 5.41) is 8.35. The number of rotatable bonds is 7. The molecule has 2 aromatic rings. The predicted octanol–water partition coefficient (Wildman–Crippen LogP) is 3.71. The van der Waals surface area contributed by atoms with E-state index in [1.807, 2.05) is 13.0 Å². The predicted molar refractivity (Wildman–Crippen MR) is 132 cm³/mol. The Bertz CT molecular complexity index is 1030. The van der Waals surface area contributed by atoms with Gasteiger partial charge in [0.25, 0.3) is 0 Å². The number of nitrogens with zero attached hydrogens (tertiary/aromatic N) is 2. The van der Waals surface area contributed by atoms with E-state index >= 15 is 0 Å². The van der Waals surface area contributed by atoms with E-state index in [4.69, 9.17) is 9.73 Å². The van der Waals surface area contributed by atoms with Crippen LogP contribution in [0.4, 0.5) is 10.1 Å². The number of aromatic amines is 1. The number of carbonyl (C=O) groups is 1. The van der Waals surface area contributed by atoms with Crippen LogP contribution in [0.2, 0.25) is 0 Å². The number of H-pyrrole nitrogens is 1. The third-order valence-electron chi connectivity index (χ3n) is 6.73. The summed E-state index contributed by atoms with van der Waals surface area (Å²) in [7, 11) is 0. The van der Waals surface area contributed by atoms with Crippen molar-refractivity contribution in [2.45, 2.75) is 57.3 Å². The van der Waals surface area contributed by atoms with Gasteiger partial charge in [0.15, 0.2) is 0 Å². The maximum Gasteiger partial charge on any atom is 0.223 e. The van der Waals surface area contributed by atoms with Crippen LogP contribution in [0, 0.1) is 5.82 Å². The lowest BCUT2D eigenvalue weighted by Crippen LogP contribution is -2.51. The van der Waals surface area contributed by atoms with Crippen molar-refractivity contribution in [1.29, 1.82) is 0 Å². The standard InChI is InChI=1S/C24H32FN5O2S/c1-15(30-6-8-32-9-7-30)26-22(31)13-19-14-33-24(28-19)21-11-16-10-17(25)12-20(23(16)29-21)27-18-4-2-3-5-18/h10-12,15,18-19,27,29H,2-9,13-14H2,1H3,(H,26,31)/t15?,19-/m1/s1. The number of fused-ring (bicyclic) bond motifs is 1. The lowest BCUT2D eigenvalue weighted by molar-refractivity contribution is -0.123. The second-order valence-corrected chi connectivity index (χ2v) is 10.2. The summed E-state index contributed by atoms with van der Waals surface area (Å²) in [6.45, 7) is 5.10. The molecule has 3 aliphatic rings. The highest BCUT2D eigenvalue weighted by Gasteiger charge is 2.26. The van der Waals surface area contributed by atoms with Gasteiger partial charge in [0.1, 0.15) is 10.9 Å². The summed E-state index contributed by atoms with van der Waals surface area (Å²) in [6.07, 6.45) is 5.06. The normalized spacial score (nSPS) is 23.1. The van der Waals surface area contributed by atoms with E-state index < -0.39 is 0 Å². The zero-order chi connectivity index (χ0) is 22.8. The molecule has 1 aromatic heterocycles. The smallest absolute Gasteiger partial charge is 0.223 e. The second-order valence-electron chi connectivity index (χ2n) is 9.22. The molecule has 2 aliphatic heterocycles. The maximum absolute atomic E-state index is 14.3. The van der Waals surface area contributed by atoms with Gasteiger partial charge in [0.2, 0.25) is 5.91 Å². The van der Waals surface area contributed by atoms with Gasteiger partial charge >= 0.3 is 0 Å². The zero-order valence-corrected chi connectivity index (χ0v) is 19.8. The van der Waals surface area contributed by atoms with Gasteiger partial charge in [0, 0.05) is 36.7 Å². The number of hydrogen-bond donors (Lipinski definition) is 3. The highest BCUT2D eigenvalue weighted by atomic mass is 32.2. The fourth-order valence-electron chi connectivity index (χ4n) is 4.96. The van der Waals surface area contributed by atoms with Gasteiger partial charge < -0.3 is 20.4 Å². The molecule has 1 amide bonds.